The number of nitrogen functional groups attached to an aromatic ring is 1. The summed E-state index contributed by atoms with van der Waals surface area (Å²) in [6.45, 7) is 0.197. The van der Waals surface area contributed by atoms with Crippen LogP contribution in [0.3, 0.4) is 0 Å². The van der Waals surface area contributed by atoms with Crippen LogP contribution in [0.15, 0.2) is 12.1 Å². The number of carboxylic acid groups (broad SMARTS) is 1. The standard InChI is InChI=1S/C11H15N3O4S/c12-8-3-4-9(11(15)16)14-10(8)13-6-7-2-1-5-19(7,17)18/h3-4,7H,1-2,5-6,12H2,(H,13,14)(H,15,16). The first-order chi connectivity index (χ1) is 8.90. The normalized spacial score (nSPS) is 21.2. The average Bonchev–Trinajstić information content (AvgIpc) is 2.67. The lowest BCUT2D eigenvalue weighted by molar-refractivity contribution is 0.0690. The van der Waals surface area contributed by atoms with Gasteiger partial charge >= 0.3 is 5.97 Å². The second kappa shape index (κ2) is 5.04. The topological polar surface area (TPSA) is 122 Å². The molecule has 2 heterocycles. The van der Waals surface area contributed by atoms with E-state index in [0.717, 1.165) is 0 Å². The molecule has 0 spiro atoms. The van der Waals surface area contributed by atoms with E-state index in [4.69, 9.17) is 10.8 Å². The summed E-state index contributed by atoms with van der Waals surface area (Å²) in [6.07, 6.45) is 1.26. The Hall–Kier alpha value is -1.83. The summed E-state index contributed by atoms with van der Waals surface area (Å²) in [5.41, 5.74) is 5.83. The third-order valence-corrected chi connectivity index (χ3v) is 5.38. The summed E-state index contributed by atoms with van der Waals surface area (Å²) in [7, 11) is -3.04. The minimum atomic E-state index is -3.04. The predicted molar refractivity (Wildman–Crippen MR) is 70.9 cm³/mol. The van der Waals surface area contributed by atoms with Gasteiger partial charge in [-0.3, -0.25) is 0 Å². The Bertz CT molecular complexity index is 600. The van der Waals surface area contributed by atoms with Gasteiger partial charge in [0.05, 0.1) is 16.7 Å². The van der Waals surface area contributed by atoms with E-state index in [2.05, 4.69) is 10.3 Å². The number of nitrogens with one attached hydrogen (secondary N) is 1. The molecule has 1 aromatic heterocycles. The number of carbonyl (C=O) groups is 1. The molecule has 1 saturated heterocycles. The van der Waals surface area contributed by atoms with Gasteiger partial charge in [-0.25, -0.2) is 18.2 Å². The molecule has 0 amide bonds. The molecule has 1 unspecified atom stereocenters. The number of nitrogens with two attached hydrogens (primary N) is 1. The fraction of sp³-hybridized carbons (Fsp3) is 0.455. The molecule has 0 aromatic carbocycles. The molecule has 0 radical (unpaired) electrons. The number of hydrogen-bond donors (Lipinski definition) is 3. The van der Waals surface area contributed by atoms with Crippen LogP contribution >= 0.6 is 0 Å². The Morgan fingerprint density at radius 3 is 2.84 bits per heavy atom. The molecule has 104 valence electrons. The largest absolute Gasteiger partial charge is 0.477 e. The van der Waals surface area contributed by atoms with Crippen LogP contribution in [0.25, 0.3) is 0 Å². The van der Waals surface area contributed by atoms with E-state index in [-0.39, 0.29) is 23.8 Å². The minimum absolute atomic E-state index is 0.133. The van der Waals surface area contributed by atoms with Gasteiger partial charge in [-0.05, 0) is 25.0 Å². The van der Waals surface area contributed by atoms with Crippen LogP contribution in [0, 0.1) is 0 Å². The van der Waals surface area contributed by atoms with Crippen LogP contribution in [-0.4, -0.2) is 42.0 Å². The Morgan fingerprint density at radius 2 is 2.26 bits per heavy atom. The molecule has 1 aliphatic rings. The first kappa shape index (κ1) is 13.6. The van der Waals surface area contributed by atoms with Crippen LogP contribution < -0.4 is 11.1 Å². The fourth-order valence-corrected chi connectivity index (χ4v) is 3.79. The summed E-state index contributed by atoms with van der Waals surface area (Å²) in [5, 5.41) is 11.2. The number of nitrogens with zero attached hydrogens (tertiary/aromatic N) is 1. The van der Waals surface area contributed by atoms with Gasteiger partial charge in [0.15, 0.2) is 15.5 Å². The van der Waals surface area contributed by atoms with E-state index in [0.29, 0.717) is 18.5 Å². The summed E-state index contributed by atoms with van der Waals surface area (Å²) in [4.78, 5) is 14.7. The molecule has 1 aliphatic heterocycles. The van der Waals surface area contributed by atoms with Crippen LogP contribution in [0.4, 0.5) is 11.5 Å². The lowest BCUT2D eigenvalue weighted by Gasteiger charge is -2.13. The van der Waals surface area contributed by atoms with Gasteiger partial charge in [0.1, 0.15) is 5.82 Å². The van der Waals surface area contributed by atoms with Crippen molar-refractivity contribution in [1.29, 1.82) is 0 Å². The number of rotatable bonds is 4. The van der Waals surface area contributed by atoms with Crippen molar-refractivity contribution >= 4 is 27.3 Å². The van der Waals surface area contributed by atoms with Crippen molar-refractivity contribution in [3.8, 4) is 0 Å². The maximum atomic E-state index is 11.7. The summed E-state index contributed by atoms with van der Waals surface area (Å²) < 4.78 is 23.3. The third kappa shape index (κ3) is 2.95. The van der Waals surface area contributed by atoms with Gasteiger partial charge in [-0.1, -0.05) is 0 Å². The van der Waals surface area contributed by atoms with Gasteiger partial charge in [0.2, 0.25) is 0 Å². The maximum absolute atomic E-state index is 11.7. The second-order valence-corrected chi connectivity index (χ2v) is 6.85. The molecule has 8 heteroatoms. The molecule has 0 aliphatic carbocycles. The molecule has 1 atom stereocenters. The highest BCUT2D eigenvalue weighted by molar-refractivity contribution is 7.92. The van der Waals surface area contributed by atoms with Crippen LogP contribution in [0.2, 0.25) is 0 Å². The number of aromatic carboxylic acids is 1. The SMILES string of the molecule is Nc1ccc(C(=O)O)nc1NCC1CCCS1(=O)=O. The van der Waals surface area contributed by atoms with E-state index in [1.807, 2.05) is 0 Å². The van der Waals surface area contributed by atoms with E-state index in [1.165, 1.54) is 12.1 Å². The monoisotopic (exact) mass is 285 g/mol. The molecule has 7 nitrogen and oxygen atoms in total. The van der Waals surface area contributed by atoms with Crippen molar-refractivity contribution in [2.45, 2.75) is 18.1 Å². The number of sulfone groups is 1. The first-order valence-electron chi connectivity index (χ1n) is 5.85. The van der Waals surface area contributed by atoms with Gasteiger partial charge in [0, 0.05) is 6.54 Å². The van der Waals surface area contributed by atoms with Crippen molar-refractivity contribution in [2.24, 2.45) is 0 Å². The zero-order chi connectivity index (χ0) is 14.0. The fourth-order valence-electron chi connectivity index (χ4n) is 2.03. The van der Waals surface area contributed by atoms with E-state index < -0.39 is 21.1 Å². The summed E-state index contributed by atoms with van der Waals surface area (Å²) in [5.74, 6) is -0.740. The molecule has 2 rings (SSSR count). The lowest BCUT2D eigenvalue weighted by atomic mass is 10.2. The van der Waals surface area contributed by atoms with Crippen LogP contribution in [0.5, 0.6) is 0 Å². The van der Waals surface area contributed by atoms with Crippen molar-refractivity contribution in [3.63, 3.8) is 0 Å². The molecular weight excluding hydrogens is 270 g/mol. The Morgan fingerprint density at radius 1 is 1.53 bits per heavy atom. The highest BCUT2D eigenvalue weighted by Gasteiger charge is 2.31. The molecule has 4 N–H and O–H groups in total. The van der Waals surface area contributed by atoms with Crippen molar-refractivity contribution in [1.82, 2.24) is 4.98 Å². The summed E-state index contributed by atoms with van der Waals surface area (Å²) >= 11 is 0. The van der Waals surface area contributed by atoms with Crippen LogP contribution in [0.1, 0.15) is 23.3 Å². The van der Waals surface area contributed by atoms with Gasteiger partial charge in [0.25, 0.3) is 0 Å². The zero-order valence-electron chi connectivity index (χ0n) is 10.2. The molecule has 0 bridgehead atoms. The highest BCUT2D eigenvalue weighted by Crippen LogP contribution is 2.22. The van der Waals surface area contributed by atoms with Crippen molar-refractivity contribution < 1.29 is 18.3 Å². The third-order valence-electron chi connectivity index (χ3n) is 3.11. The maximum Gasteiger partial charge on any atom is 0.354 e. The quantitative estimate of drug-likeness (QED) is 0.729. The molecule has 1 aromatic rings. The predicted octanol–water partition coefficient (Wildman–Crippen LogP) is 0.351. The number of aromatic nitrogens is 1. The molecule has 1 fully saturated rings. The Labute approximate surface area is 110 Å². The van der Waals surface area contributed by atoms with Crippen LogP contribution in [-0.2, 0) is 9.84 Å². The van der Waals surface area contributed by atoms with Gasteiger partial charge in [-0.15, -0.1) is 0 Å². The smallest absolute Gasteiger partial charge is 0.354 e. The average molecular weight is 285 g/mol. The first-order valence-corrected chi connectivity index (χ1v) is 7.57. The Balaban J connectivity index is 2.11. The molecular formula is C11H15N3O4S. The van der Waals surface area contributed by atoms with Gasteiger partial charge < -0.3 is 16.2 Å². The Kier molecular flexibility index (Phi) is 3.61. The number of carboxylic acids is 1. The molecule has 0 saturated carbocycles. The number of hydrogen-bond acceptors (Lipinski definition) is 6. The van der Waals surface area contributed by atoms with Crippen molar-refractivity contribution in [2.75, 3.05) is 23.3 Å². The second-order valence-electron chi connectivity index (χ2n) is 4.45. The zero-order valence-corrected chi connectivity index (χ0v) is 11.0. The highest BCUT2D eigenvalue weighted by atomic mass is 32.2. The van der Waals surface area contributed by atoms with Crippen molar-refractivity contribution in [3.05, 3.63) is 17.8 Å². The van der Waals surface area contributed by atoms with Gasteiger partial charge in [-0.2, -0.15) is 0 Å². The van der Waals surface area contributed by atoms with E-state index >= 15 is 0 Å². The number of pyridine rings is 1. The van der Waals surface area contributed by atoms with E-state index in [9.17, 15) is 13.2 Å². The minimum Gasteiger partial charge on any atom is -0.477 e. The molecule has 19 heavy (non-hydrogen) atoms. The lowest BCUT2D eigenvalue weighted by Crippen LogP contribution is -2.25. The summed E-state index contributed by atoms with van der Waals surface area (Å²) in [6, 6.07) is 2.73. The number of anilines is 2. The van der Waals surface area contributed by atoms with E-state index in [1.54, 1.807) is 0 Å².